The minimum absolute atomic E-state index is 0.0372. The predicted molar refractivity (Wildman–Crippen MR) is 188 cm³/mol. The molecule has 0 spiro atoms. The van der Waals surface area contributed by atoms with Gasteiger partial charge in [0.05, 0.1) is 23.6 Å². The maximum atomic E-state index is 14.2. The summed E-state index contributed by atoms with van der Waals surface area (Å²) in [5, 5.41) is 6.38. The zero-order valence-corrected chi connectivity index (χ0v) is 29.5. The van der Waals surface area contributed by atoms with Crippen LogP contribution in [0.15, 0.2) is 72.4 Å². The van der Waals surface area contributed by atoms with Crippen molar-refractivity contribution in [3.8, 4) is 0 Å². The fraction of sp³-hybridized carbons (Fsp3) is 0.514. The number of alkyl carbamates (subject to hydrolysis) is 1. The molecule has 2 aliphatic rings. The molecular formula is C37H49N5O6S. The molecule has 3 aromatic rings. The third kappa shape index (κ3) is 11.5. The topological polar surface area (TPSA) is 122 Å². The standard InChI is InChI=1S/C37H49N5O6S/c1-37(2,3)48-36(45)42-24-31(41-16-18-46-19-17-41)22-33(42)34(43)39-29(20-27-10-6-4-7-11-27)14-15-30(21-28-12-8-5-9-13-28)40-35(44)47-25-32-23-38-26-49-32/h4-13,23,26,29-31,33H,14-22,24-25H2,1-3H3,(H,39,43)(H,40,44)/t29-,30-,31+,33-/m0/s1. The van der Waals surface area contributed by atoms with Gasteiger partial charge in [0.25, 0.3) is 0 Å². The summed E-state index contributed by atoms with van der Waals surface area (Å²) in [6.07, 6.45) is 3.64. The van der Waals surface area contributed by atoms with Crippen molar-refractivity contribution in [2.75, 3.05) is 32.8 Å². The van der Waals surface area contributed by atoms with Crippen molar-refractivity contribution in [2.24, 2.45) is 0 Å². The molecule has 2 aliphatic heterocycles. The van der Waals surface area contributed by atoms with Crippen LogP contribution in [0, 0.1) is 0 Å². The van der Waals surface area contributed by atoms with Gasteiger partial charge in [0.2, 0.25) is 5.91 Å². The van der Waals surface area contributed by atoms with Gasteiger partial charge in [-0.25, -0.2) is 9.59 Å². The number of hydrogen-bond acceptors (Lipinski definition) is 9. The maximum absolute atomic E-state index is 14.2. The van der Waals surface area contributed by atoms with E-state index in [1.165, 1.54) is 11.3 Å². The highest BCUT2D eigenvalue weighted by molar-refractivity contribution is 7.09. The number of aromatic nitrogens is 1. The first-order valence-corrected chi connectivity index (χ1v) is 18.0. The average molecular weight is 692 g/mol. The van der Waals surface area contributed by atoms with Crippen molar-refractivity contribution in [1.29, 1.82) is 0 Å². The smallest absolute Gasteiger partial charge is 0.411 e. The Bertz CT molecular complexity index is 1460. The third-order valence-corrected chi connectivity index (χ3v) is 9.54. The molecule has 3 amide bonds. The highest BCUT2D eigenvalue weighted by atomic mass is 32.1. The number of amides is 3. The van der Waals surface area contributed by atoms with E-state index in [0.717, 1.165) is 29.1 Å². The van der Waals surface area contributed by atoms with Gasteiger partial charge < -0.3 is 24.8 Å². The molecule has 2 N–H and O–H groups in total. The van der Waals surface area contributed by atoms with Gasteiger partial charge >= 0.3 is 12.2 Å². The largest absolute Gasteiger partial charge is 0.444 e. The molecule has 12 heteroatoms. The van der Waals surface area contributed by atoms with Crippen LogP contribution in [0.4, 0.5) is 9.59 Å². The second-order valence-electron chi connectivity index (χ2n) is 13.7. The molecule has 2 saturated heterocycles. The number of thiazole rings is 1. The first-order chi connectivity index (χ1) is 23.6. The lowest BCUT2D eigenvalue weighted by atomic mass is 9.95. The Balaban J connectivity index is 1.30. The Kier molecular flexibility index (Phi) is 13.0. The molecular weight excluding hydrogens is 643 g/mol. The van der Waals surface area contributed by atoms with E-state index in [-0.39, 0.29) is 30.6 Å². The number of likely N-dealkylation sites (tertiary alicyclic amines) is 1. The van der Waals surface area contributed by atoms with E-state index in [1.54, 1.807) is 16.6 Å². The number of rotatable bonds is 13. The van der Waals surface area contributed by atoms with E-state index in [1.807, 2.05) is 81.4 Å². The van der Waals surface area contributed by atoms with Crippen LogP contribution in [0.25, 0.3) is 0 Å². The highest BCUT2D eigenvalue weighted by Crippen LogP contribution is 2.26. The van der Waals surface area contributed by atoms with E-state index >= 15 is 0 Å². The quantitative estimate of drug-likeness (QED) is 0.251. The van der Waals surface area contributed by atoms with Crippen molar-refractivity contribution in [1.82, 2.24) is 25.4 Å². The normalized spacial score (nSPS) is 19.5. The summed E-state index contributed by atoms with van der Waals surface area (Å²) < 4.78 is 16.8. The van der Waals surface area contributed by atoms with E-state index in [2.05, 4.69) is 20.5 Å². The number of hydrogen-bond donors (Lipinski definition) is 2. The number of benzene rings is 2. The summed E-state index contributed by atoms with van der Waals surface area (Å²) >= 11 is 1.43. The molecule has 0 radical (unpaired) electrons. The predicted octanol–water partition coefficient (Wildman–Crippen LogP) is 5.20. The number of nitrogens with one attached hydrogen (secondary N) is 2. The van der Waals surface area contributed by atoms with Gasteiger partial charge in [-0.15, -0.1) is 11.3 Å². The van der Waals surface area contributed by atoms with Crippen LogP contribution in [-0.2, 0) is 38.5 Å². The lowest BCUT2D eigenvalue weighted by Crippen LogP contribution is -2.50. The zero-order valence-electron chi connectivity index (χ0n) is 28.7. The number of nitrogens with zero attached hydrogens (tertiary/aromatic N) is 3. The lowest BCUT2D eigenvalue weighted by Gasteiger charge is -2.32. The molecule has 3 heterocycles. The molecule has 0 saturated carbocycles. The number of ether oxygens (including phenoxy) is 3. The molecule has 4 atom stereocenters. The van der Waals surface area contributed by atoms with Gasteiger partial charge in [-0.2, -0.15) is 0 Å². The van der Waals surface area contributed by atoms with Crippen LogP contribution in [0.3, 0.4) is 0 Å². The van der Waals surface area contributed by atoms with Crippen LogP contribution in [0.5, 0.6) is 0 Å². The first kappa shape index (κ1) is 36.3. The average Bonchev–Trinajstić information content (AvgIpc) is 3.78. The molecule has 11 nitrogen and oxygen atoms in total. The molecule has 5 rings (SSSR count). The highest BCUT2D eigenvalue weighted by Gasteiger charge is 2.44. The van der Waals surface area contributed by atoms with Crippen molar-refractivity contribution in [2.45, 2.75) is 89.3 Å². The van der Waals surface area contributed by atoms with E-state index in [9.17, 15) is 14.4 Å². The Morgan fingerprint density at radius 1 is 0.939 bits per heavy atom. The van der Waals surface area contributed by atoms with Crippen molar-refractivity contribution >= 4 is 29.4 Å². The summed E-state index contributed by atoms with van der Waals surface area (Å²) in [5.41, 5.74) is 3.20. The summed E-state index contributed by atoms with van der Waals surface area (Å²) in [5.74, 6) is -0.195. The van der Waals surface area contributed by atoms with Crippen molar-refractivity contribution in [3.63, 3.8) is 0 Å². The minimum atomic E-state index is -0.687. The summed E-state index contributed by atoms with van der Waals surface area (Å²) in [4.78, 5) is 49.3. The Labute approximate surface area is 293 Å². The van der Waals surface area contributed by atoms with Gasteiger partial charge in [-0.1, -0.05) is 60.7 Å². The van der Waals surface area contributed by atoms with Gasteiger partial charge in [0.15, 0.2) is 0 Å². The van der Waals surface area contributed by atoms with E-state index in [0.29, 0.717) is 51.9 Å². The minimum Gasteiger partial charge on any atom is -0.444 e. The van der Waals surface area contributed by atoms with Crippen LogP contribution in [0.1, 0.15) is 56.0 Å². The summed E-state index contributed by atoms with van der Waals surface area (Å²) in [7, 11) is 0. The van der Waals surface area contributed by atoms with Crippen LogP contribution < -0.4 is 10.6 Å². The maximum Gasteiger partial charge on any atom is 0.411 e. The number of carbonyl (C=O) groups is 3. The molecule has 264 valence electrons. The molecule has 0 bridgehead atoms. The molecule has 0 aliphatic carbocycles. The second-order valence-corrected chi connectivity index (χ2v) is 14.7. The fourth-order valence-corrected chi connectivity index (χ4v) is 6.90. The SMILES string of the molecule is CC(C)(C)OC(=O)N1C[C@H](N2CCOCC2)C[C@H]1C(=O)N[C@@H](CC[C@@H](Cc1ccccc1)NC(=O)OCc1cncs1)Cc1ccccc1. The monoisotopic (exact) mass is 691 g/mol. The van der Waals surface area contributed by atoms with Crippen molar-refractivity contribution in [3.05, 3.63) is 88.4 Å². The molecule has 1 aromatic heterocycles. The molecule has 0 unspecified atom stereocenters. The molecule has 2 fully saturated rings. The Morgan fingerprint density at radius 2 is 1.55 bits per heavy atom. The van der Waals surface area contributed by atoms with E-state index in [4.69, 9.17) is 14.2 Å². The Hall–Kier alpha value is -4.00. The van der Waals surface area contributed by atoms with Crippen molar-refractivity contribution < 1.29 is 28.6 Å². The van der Waals surface area contributed by atoms with Gasteiger partial charge in [-0.3, -0.25) is 19.6 Å². The number of carbonyl (C=O) groups excluding carboxylic acids is 3. The van der Waals surface area contributed by atoms with Crippen LogP contribution in [-0.4, -0.2) is 95.5 Å². The van der Waals surface area contributed by atoms with Gasteiger partial charge in [-0.05, 0) is 64.0 Å². The van der Waals surface area contributed by atoms with Gasteiger partial charge in [0, 0.05) is 44.0 Å². The Morgan fingerprint density at radius 3 is 2.12 bits per heavy atom. The molecule has 2 aromatic carbocycles. The number of morpholine rings is 1. The summed E-state index contributed by atoms with van der Waals surface area (Å²) in [6.45, 7) is 8.87. The first-order valence-electron chi connectivity index (χ1n) is 17.1. The van der Waals surface area contributed by atoms with Gasteiger partial charge in [0.1, 0.15) is 18.2 Å². The zero-order chi connectivity index (χ0) is 34.6. The summed E-state index contributed by atoms with van der Waals surface area (Å²) in [6, 6.07) is 18.9. The third-order valence-electron chi connectivity index (χ3n) is 8.78. The van der Waals surface area contributed by atoms with Crippen LogP contribution in [0.2, 0.25) is 0 Å². The second kappa shape index (κ2) is 17.6. The fourth-order valence-electron chi connectivity index (χ4n) is 6.40. The molecule has 49 heavy (non-hydrogen) atoms. The van der Waals surface area contributed by atoms with E-state index < -0.39 is 23.8 Å². The lowest BCUT2D eigenvalue weighted by molar-refractivity contribution is -0.126. The van der Waals surface area contributed by atoms with Crippen LogP contribution >= 0.6 is 11.3 Å².